The number of aryl methyl sites for hydroxylation is 2. The molecule has 0 N–H and O–H groups in total. The number of amides is 1. The van der Waals surface area contributed by atoms with E-state index in [4.69, 9.17) is 4.98 Å². The molecule has 0 aliphatic carbocycles. The van der Waals surface area contributed by atoms with Crippen molar-refractivity contribution in [2.45, 2.75) is 25.9 Å². The van der Waals surface area contributed by atoms with Gasteiger partial charge in [-0.25, -0.2) is 4.98 Å². The quantitative estimate of drug-likeness (QED) is 0.300. The number of benzene rings is 2. The number of thioether (sulfide) groups is 1. The van der Waals surface area contributed by atoms with E-state index in [-0.39, 0.29) is 17.2 Å². The van der Waals surface area contributed by atoms with Crippen molar-refractivity contribution in [2.24, 2.45) is 0 Å². The third-order valence-corrected chi connectivity index (χ3v) is 6.87. The number of rotatable bonds is 6. The Morgan fingerprint density at radius 3 is 2.61 bits per heavy atom. The van der Waals surface area contributed by atoms with Gasteiger partial charge in [-0.15, -0.1) is 11.3 Å². The van der Waals surface area contributed by atoms with Crippen LogP contribution in [0.15, 0.2) is 69.9 Å². The summed E-state index contributed by atoms with van der Waals surface area (Å²) in [7, 11) is 0. The van der Waals surface area contributed by atoms with Crippen molar-refractivity contribution in [3.8, 4) is 5.69 Å². The number of thiophene rings is 1. The average molecular weight is 450 g/mol. The van der Waals surface area contributed by atoms with Gasteiger partial charge in [0.2, 0.25) is 5.91 Å². The topological polar surface area (TPSA) is 55.2 Å². The molecular weight excluding hydrogens is 426 g/mol. The molecule has 0 bridgehead atoms. The Balaban J connectivity index is 1.72. The van der Waals surface area contributed by atoms with E-state index in [1.165, 1.54) is 23.1 Å². The Morgan fingerprint density at radius 2 is 1.90 bits per heavy atom. The van der Waals surface area contributed by atoms with Crippen molar-refractivity contribution in [1.29, 1.82) is 0 Å². The van der Waals surface area contributed by atoms with Gasteiger partial charge in [0.05, 0.1) is 17.0 Å². The van der Waals surface area contributed by atoms with Crippen molar-refractivity contribution in [3.05, 3.63) is 81.5 Å². The van der Waals surface area contributed by atoms with Crippen LogP contribution in [0.4, 0.5) is 5.69 Å². The molecule has 2 aromatic heterocycles. The second-order valence-electron chi connectivity index (χ2n) is 7.22. The predicted octanol–water partition coefficient (Wildman–Crippen LogP) is 5.21. The second kappa shape index (κ2) is 9.08. The van der Waals surface area contributed by atoms with Gasteiger partial charge in [-0.3, -0.25) is 14.2 Å². The number of carbonyl (C=O) groups is 1. The lowest BCUT2D eigenvalue weighted by molar-refractivity contribution is -0.116. The number of nitrogens with zero attached hydrogens (tertiary/aromatic N) is 3. The molecule has 0 fully saturated rings. The number of hydrogen-bond donors (Lipinski definition) is 0. The Hall–Kier alpha value is -2.90. The number of carbonyl (C=O) groups excluding carboxylic acids is 1. The number of aromatic nitrogens is 2. The molecule has 0 atom stereocenters. The molecule has 4 rings (SSSR count). The van der Waals surface area contributed by atoms with E-state index in [1.54, 1.807) is 9.47 Å². The Kier molecular flexibility index (Phi) is 6.25. The van der Waals surface area contributed by atoms with Gasteiger partial charge in [0.1, 0.15) is 4.70 Å². The molecule has 0 spiro atoms. The van der Waals surface area contributed by atoms with Crippen LogP contribution in [0, 0.1) is 13.8 Å². The first kappa shape index (κ1) is 21.3. The number of para-hydroxylation sites is 1. The van der Waals surface area contributed by atoms with E-state index >= 15 is 0 Å². The molecule has 5 nitrogen and oxygen atoms in total. The number of anilines is 1. The number of fused-ring (bicyclic) bond motifs is 1. The van der Waals surface area contributed by atoms with Gasteiger partial charge in [-0.2, -0.15) is 0 Å². The fourth-order valence-electron chi connectivity index (χ4n) is 3.57. The van der Waals surface area contributed by atoms with Crippen LogP contribution >= 0.6 is 23.1 Å². The van der Waals surface area contributed by atoms with Crippen LogP contribution in [-0.2, 0) is 4.79 Å². The molecule has 4 aromatic rings. The minimum Gasteiger partial charge on any atom is -0.312 e. The van der Waals surface area contributed by atoms with Crippen LogP contribution in [0.5, 0.6) is 0 Å². The molecule has 0 aliphatic heterocycles. The van der Waals surface area contributed by atoms with Crippen molar-refractivity contribution in [3.63, 3.8) is 0 Å². The Bertz CT molecular complexity index is 1300. The van der Waals surface area contributed by atoms with Crippen LogP contribution in [0.1, 0.15) is 18.1 Å². The highest BCUT2D eigenvalue weighted by Crippen LogP contribution is 2.26. The normalized spacial score (nSPS) is 11.1. The zero-order chi connectivity index (χ0) is 22.0. The molecule has 7 heteroatoms. The fraction of sp³-hybridized carbons (Fsp3) is 0.208. The SMILES string of the molecule is CCN(C(=O)CSc1nc2ccsc2c(=O)n1-c1ccc(C)cc1C)c1ccccc1. The van der Waals surface area contributed by atoms with E-state index in [1.807, 2.05) is 80.7 Å². The summed E-state index contributed by atoms with van der Waals surface area (Å²) in [5.74, 6) is 0.168. The summed E-state index contributed by atoms with van der Waals surface area (Å²) in [4.78, 5) is 32.8. The lowest BCUT2D eigenvalue weighted by Crippen LogP contribution is -2.32. The van der Waals surface area contributed by atoms with Crippen LogP contribution < -0.4 is 10.5 Å². The molecule has 158 valence electrons. The van der Waals surface area contributed by atoms with E-state index < -0.39 is 0 Å². The summed E-state index contributed by atoms with van der Waals surface area (Å²) in [6, 6.07) is 17.4. The summed E-state index contributed by atoms with van der Waals surface area (Å²) < 4.78 is 2.26. The molecule has 0 unspecified atom stereocenters. The second-order valence-corrected chi connectivity index (χ2v) is 9.08. The van der Waals surface area contributed by atoms with Gasteiger partial charge in [0, 0.05) is 12.2 Å². The van der Waals surface area contributed by atoms with Gasteiger partial charge in [0.25, 0.3) is 5.56 Å². The van der Waals surface area contributed by atoms with E-state index in [0.29, 0.717) is 21.9 Å². The van der Waals surface area contributed by atoms with Crippen molar-refractivity contribution in [1.82, 2.24) is 9.55 Å². The maximum absolute atomic E-state index is 13.3. The maximum Gasteiger partial charge on any atom is 0.276 e. The van der Waals surface area contributed by atoms with Gasteiger partial charge < -0.3 is 4.90 Å². The first-order valence-corrected chi connectivity index (χ1v) is 11.9. The van der Waals surface area contributed by atoms with Crippen LogP contribution in [-0.4, -0.2) is 27.8 Å². The lowest BCUT2D eigenvalue weighted by atomic mass is 10.1. The molecule has 0 saturated carbocycles. The fourth-order valence-corrected chi connectivity index (χ4v) is 5.21. The summed E-state index contributed by atoms with van der Waals surface area (Å²) in [6.07, 6.45) is 0. The minimum atomic E-state index is -0.0997. The highest BCUT2D eigenvalue weighted by molar-refractivity contribution is 7.99. The smallest absolute Gasteiger partial charge is 0.276 e. The maximum atomic E-state index is 13.3. The summed E-state index contributed by atoms with van der Waals surface area (Å²) in [6.45, 7) is 6.54. The van der Waals surface area contributed by atoms with Crippen molar-refractivity contribution < 1.29 is 4.79 Å². The van der Waals surface area contributed by atoms with E-state index in [2.05, 4.69) is 0 Å². The molecule has 0 aliphatic rings. The lowest BCUT2D eigenvalue weighted by Gasteiger charge is -2.21. The van der Waals surface area contributed by atoms with Crippen LogP contribution in [0.25, 0.3) is 15.9 Å². The standard InChI is InChI=1S/C24H23N3O2S2/c1-4-26(18-8-6-5-7-9-18)21(28)15-31-24-25-19-12-13-30-22(19)23(29)27(24)20-11-10-16(2)14-17(20)3/h5-14H,4,15H2,1-3H3. The predicted molar refractivity (Wildman–Crippen MR) is 130 cm³/mol. The first-order chi connectivity index (χ1) is 15.0. The van der Waals surface area contributed by atoms with Crippen LogP contribution in [0.2, 0.25) is 0 Å². The number of hydrogen-bond acceptors (Lipinski definition) is 5. The van der Waals surface area contributed by atoms with Gasteiger partial charge in [0.15, 0.2) is 5.16 Å². The minimum absolute atomic E-state index is 0.0226. The van der Waals surface area contributed by atoms with Gasteiger partial charge in [-0.1, -0.05) is 47.7 Å². The Morgan fingerprint density at radius 1 is 1.13 bits per heavy atom. The molecule has 31 heavy (non-hydrogen) atoms. The third kappa shape index (κ3) is 4.29. The largest absolute Gasteiger partial charge is 0.312 e. The van der Waals surface area contributed by atoms with Gasteiger partial charge in [-0.05, 0) is 56.0 Å². The zero-order valence-electron chi connectivity index (χ0n) is 17.7. The summed E-state index contributed by atoms with van der Waals surface area (Å²) in [5, 5.41) is 2.40. The Labute approximate surface area is 189 Å². The molecule has 0 radical (unpaired) electrons. The molecule has 1 amide bonds. The summed E-state index contributed by atoms with van der Waals surface area (Å²) in [5.41, 5.74) is 4.35. The van der Waals surface area contributed by atoms with Crippen molar-refractivity contribution >= 4 is 44.9 Å². The molecule has 2 heterocycles. The highest BCUT2D eigenvalue weighted by Gasteiger charge is 2.19. The van der Waals surface area contributed by atoms with Gasteiger partial charge >= 0.3 is 0 Å². The van der Waals surface area contributed by atoms with Crippen LogP contribution in [0.3, 0.4) is 0 Å². The van der Waals surface area contributed by atoms with E-state index in [0.717, 1.165) is 22.5 Å². The first-order valence-electron chi connectivity index (χ1n) is 10.1. The van der Waals surface area contributed by atoms with E-state index in [9.17, 15) is 9.59 Å². The summed E-state index contributed by atoms with van der Waals surface area (Å²) >= 11 is 2.69. The monoisotopic (exact) mass is 449 g/mol. The highest BCUT2D eigenvalue weighted by atomic mass is 32.2. The molecule has 2 aromatic carbocycles. The zero-order valence-corrected chi connectivity index (χ0v) is 19.3. The average Bonchev–Trinajstić information content (AvgIpc) is 3.23. The third-order valence-electron chi connectivity index (χ3n) is 5.05. The molecular formula is C24H23N3O2S2. The molecule has 0 saturated heterocycles. The van der Waals surface area contributed by atoms with Crippen molar-refractivity contribution in [2.75, 3.05) is 17.2 Å².